The number of benzene rings is 9. The molecule has 0 atom stereocenters. The fourth-order valence-electron chi connectivity index (χ4n) is 9.23. The van der Waals surface area contributed by atoms with Crippen LogP contribution < -0.4 is 4.90 Å². The molecule has 2 aromatic heterocycles. The summed E-state index contributed by atoms with van der Waals surface area (Å²) < 4.78 is 8.93. The summed E-state index contributed by atoms with van der Waals surface area (Å²) in [5.41, 5.74) is 13.1. The highest BCUT2D eigenvalue weighted by Crippen LogP contribution is 2.45. The fraction of sp³-hybridized carbons (Fsp3) is 0.0175. The van der Waals surface area contributed by atoms with E-state index >= 15 is 0 Å². The highest BCUT2D eigenvalue weighted by molar-refractivity contribution is 6.15. The van der Waals surface area contributed by atoms with Crippen LogP contribution in [0, 0.1) is 6.92 Å². The van der Waals surface area contributed by atoms with Crippen molar-refractivity contribution in [2.75, 3.05) is 4.90 Å². The van der Waals surface area contributed by atoms with Crippen molar-refractivity contribution >= 4 is 77.5 Å². The summed E-state index contributed by atoms with van der Waals surface area (Å²) in [7, 11) is 0. The van der Waals surface area contributed by atoms with Gasteiger partial charge in [-0.25, -0.2) is 0 Å². The normalized spacial score (nSPS) is 11.8. The van der Waals surface area contributed by atoms with Gasteiger partial charge in [-0.3, -0.25) is 0 Å². The first-order chi connectivity index (χ1) is 29.7. The van der Waals surface area contributed by atoms with E-state index in [0.29, 0.717) is 0 Å². The van der Waals surface area contributed by atoms with E-state index < -0.39 is 0 Å². The van der Waals surface area contributed by atoms with E-state index in [2.05, 4.69) is 216 Å². The van der Waals surface area contributed by atoms with Crippen LogP contribution in [0.2, 0.25) is 0 Å². The quantitative estimate of drug-likeness (QED) is 0.113. The molecule has 0 amide bonds. The number of aryl methyl sites for hydroxylation is 1. The summed E-state index contributed by atoms with van der Waals surface area (Å²) in [6, 6.07) is 70.3. The predicted molar refractivity (Wildman–Crippen MR) is 255 cm³/mol. The molecule has 284 valence electrons. The topological polar surface area (TPSA) is 21.3 Å². The van der Waals surface area contributed by atoms with Gasteiger partial charge >= 0.3 is 0 Å². The molecule has 0 bridgehead atoms. The van der Waals surface area contributed by atoms with Crippen LogP contribution in [0.5, 0.6) is 0 Å². The monoisotopic (exact) mass is 768 g/mol. The van der Waals surface area contributed by atoms with Gasteiger partial charge < -0.3 is 13.9 Å². The van der Waals surface area contributed by atoms with Crippen molar-refractivity contribution in [1.82, 2.24) is 4.57 Å². The lowest BCUT2D eigenvalue weighted by Crippen LogP contribution is -2.11. The van der Waals surface area contributed by atoms with Crippen molar-refractivity contribution in [2.45, 2.75) is 6.92 Å². The third-order valence-electron chi connectivity index (χ3n) is 11.9. The van der Waals surface area contributed by atoms with Crippen LogP contribution in [0.25, 0.3) is 88.3 Å². The lowest BCUT2D eigenvalue weighted by atomic mass is 9.97. The maximum Gasteiger partial charge on any atom is 0.142 e. The SMILES string of the molecule is C=C/C=C\c1c(C)oc2c(-c3cccc(N(c4cccc(-c5ccccc5-n5c6ccccc6c6ccccc65)c4)c4cccc5ccc6ccccc6c45)c3)cccc12. The minimum Gasteiger partial charge on any atom is -0.460 e. The van der Waals surface area contributed by atoms with Gasteiger partial charge in [-0.2, -0.15) is 0 Å². The van der Waals surface area contributed by atoms with Gasteiger partial charge in [0.05, 0.1) is 22.4 Å². The maximum atomic E-state index is 6.52. The summed E-state index contributed by atoms with van der Waals surface area (Å²) in [5, 5.41) is 8.40. The van der Waals surface area contributed by atoms with E-state index in [4.69, 9.17) is 4.42 Å². The number of furan rings is 1. The highest BCUT2D eigenvalue weighted by Gasteiger charge is 2.21. The number of para-hydroxylation sites is 4. The standard InChI is InChI=1S/C57H40N2O/c1-3-4-23-45-38(2)60-57-48(28-16-29-51(45)57)42-20-14-22-44(37-42)58(55-33-15-18-40-35-34-39-17-5-6-25-47(39)56(40)55)43-21-13-19-41(36-43)46-24-7-10-30-52(46)59-53-31-11-8-26-49(53)50-27-9-12-32-54(50)59/h3-37H,1H2,2H3/b23-4-. The maximum absolute atomic E-state index is 6.52. The Balaban J connectivity index is 1.14. The number of nitrogens with zero attached hydrogens (tertiary/aromatic N) is 2. The Bertz CT molecular complexity index is 3440. The lowest BCUT2D eigenvalue weighted by molar-refractivity contribution is 0.578. The summed E-state index contributed by atoms with van der Waals surface area (Å²) in [4.78, 5) is 2.43. The van der Waals surface area contributed by atoms with Gasteiger partial charge in [-0.05, 0) is 82.7 Å². The molecular weight excluding hydrogens is 729 g/mol. The number of aromatic nitrogens is 1. The van der Waals surface area contributed by atoms with E-state index in [1.165, 1.54) is 43.4 Å². The Kier molecular flexibility index (Phi) is 8.53. The van der Waals surface area contributed by atoms with Gasteiger partial charge in [0, 0.05) is 49.6 Å². The molecule has 0 spiro atoms. The minimum atomic E-state index is 0.877. The largest absolute Gasteiger partial charge is 0.460 e. The Morgan fingerprint density at radius 3 is 1.83 bits per heavy atom. The summed E-state index contributed by atoms with van der Waals surface area (Å²) in [5.74, 6) is 0.883. The Morgan fingerprint density at radius 2 is 1.08 bits per heavy atom. The number of allylic oxidation sites excluding steroid dienone is 2. The molecule has 0 aliphatic heterocycles. The Morgan fingerprint density at radius 1 is 0.517 bits per heavy atom. The predicted octanol–water partition coefficient (Wildman–Crippen LogP) is 16.1. The van der Waals surface area contributed by atoms with E-state index in [-0.39, 0.29) is 0 Å². The first-order valence-corrected chi connectivity index (χ1v) is 20.5. The molecule has 60 heavy (non-hydrogen) atoms. The van der Waals surface area contributed by atoms with Crippen molar-refractivity contribution in [3.8, 4) is 27.9 Å². The molecule has 0 aliphatic rings. The summed E-state index contributed by atoms with van der Waals surface area (Å²) >= 11 is 0. The van der Waals surface area contributed by atoms with Gasteiger partial charge in [-0.1, -0.05) is 170 Å². The van der Waals surface area contributed by atoms with Crippen LogP contribution in [0.3, 0.4) is 0 Å². The van der Waals surface area contributed by atoms with E-state index in [9.17, 15) is 0 Å². The molecule has 0 N–H and O–H groups in total. The average Bonchev–Trinajstić information content (AvgIpc) is 3.82. The van der Waals surface area contributed by atoms with Crippen LogP contribution in [-0.4, -0.2) is 4.57 Å². The van der Waals surface area contributed by atoms with Crippen LogP contribution in [-0.2, 0) is 0 Å². The number of hydrogen-bond donors (Lipinski definition) is 0. The van der Waals surface area contributed by atoms with Gasteiger partial charge in [0.25, 0.3) is 0 Å². The average molecular weight is 769 g/mol. The third kappa shape index (κ3) is 5.74. The van der Waals surface area contributed by atoms with Crippen molar-refractivity contribution in [3.05, 3.63) is 224 Å². The zero-order valence-corrected chi connectivity index (χ0v) is 33.2. The summed E-state index contributed by atoms with van der Waals surface area (Å²) in [6.07, 6.45) is 5.84. The van der Waals surface area contributed by atoms with E-state index in [1.54, 1.807) is 6.08 Å². The fourth-order valence-corrected chi connectivity index (χ4v) is 9.23. The van der Waals surface area contributed by atoms with Crippen LogP contribution in [0.1, 0.15) is 11.3 Å². The van der Waals surface area contributed by atoms with Gasteiger partial charge in [0.15, 0.2) is 0 Å². The molecule has 11 rings (SSSR count). The van der Waals surface area contributed by atoms with E-state index in [1.807, 2.05) is 13.0 Å². The smallest absolute Gasteiger partial charge is 0.142 e. The second-order valence-corrected chi connectivity index (χ2v) is 15.3. The molecule has 0 saturated carbocycles. The summed E-state index contributed by atoms with van der Waals surface area (Å²) in [6.45, 7) is 5.91. The van der Waals surface area contributed by atoms with Crippen molar-refractivity contribution in [2.24, 2.45) is 0 Å². The Hall–Kier alpha value is -7.88. The molecule has 0 fully saturated rings. The number of fused-ring (bicyclic) bond motifs is 7. The number of rotatable bonds is 8. The molecule has 2 heterocycles. The molecule has 0 aliphatic carbocycles. The lowest BCUT2D eigenvalue weighted by Gasteiger charge is -2.28. The molecule has 0 saturated heterocycles. The molecule has 0 radical (unpaired) electrons. The first-order valence-electron chi connectivity index (χ1n) is 20.5. The molecule has 3 heteroatoms. The minimum absolute atomic E-state index is 0.877. The zero-order chi connectivity index (χ0) is 40.2. The molecule has 11 aromatic rings. The van der Waals surface area contributed by atoms with Crippen LogP contribution in [0.15, 0.2) is 217 Å². The van der Waals surface area contributed by atoms with Crippen molar-refractivity contribution in [3.63, 3.8) is 0 Å². The highest BCUT2D eigenvalue weighted by atomic mass is 16.3. The molecule has 3 nitrogen and oxygen atoms in total. The Labute approximate surface area is 349 Å². The first kappa shape index (κ1) is 35.3. The van der Waals surface area contributed by atoms with E-state index in [0.717, 1.165) is 67.3 Å². The van der Waals surface area contributed by atoms with Gasteiger partial charge in [0.2, 0.25) is 0 Å². The third-order valence-corrected chi connectivity index (χ3v) is 11.9. The van der Waals surface area contributed by atoms with Gasteiger partial charge in [-0.15, -0.1) is 0 Å². The van der Waals surface area contributed by atoms with Crippen molar-refractivity contribution in [1.29, 1.82) is 0 Å². The molecular formula is C57H40N2O. The second-order valence-electron chi connectivity index (χ2n) is 15.3. The van der Waals surface area contributed by atoms with Crippen LogP contribution in [0.4, 0.5) is 17.1 Å². The second kappa shape index (κ2) is 14.5. The van der Waals surface area contributed by atoms with Crippen LogP contribution >= 0.6 is 0 Å². The molecule has 9 aromatic carbocycles. The zero-order valence-electron chi connectivity index (χ0n) is 33.2. The van der Waals surface area contributed by atoms with Gasteiger partial charge in [0.1, 0.15) is 11.3 Å². The van der Waals surface area contributed by atoms with Crippen molar-refractivity contribution < 1.29 is 4.42 Å². The molecule has 0 unspecified atom stereocenters. The number of anilines is 3. The number of hydrogen-bond acceptors (Lipinski definition) is 2.